The Kier molecular flexibility index (Phi) is 1.85. The molecule has 1 aliphatic rings. The molecule has 0 bridgehead atoms. The van der Waals surface area contributed by atoms with Crippen molar-refractivity contribution in [1.82, 2.24) is 20.6 Å². The first-order valence-electron chi connectivity index (χ1n) is 5.87. The molecule has 86 valence electrons. The highest BCUT2D eigenvalue weighted by Crippen LogP contribution is 2.46. The van der Waals surface area contributed by atoms with Gasteiger partial charge in [0.2, 0.25) is 0 Å². The van der Waals surface area contributed by atoms with Crippen molar-refractivity contribution in [3.05, 3.63) is 65.5 Å². The zero-order valence-electron chi connectivity index (χ0n) is 9.54. The summed E-state index contributed by atoms with van der Waals surface area (Å²) in [6, 6.07) is 16.8. The summed E-state index contributed by atoms with van der Waals surface area (Å²) in [5, 5.41) is 14.5. The van der Waals surface area contributed by atoms with E-state index in [2.05, 4.69) is 69.2 Å². The molecule has 0 radical (unpaired) electrons. The molecule has 0 saturated carbocycles. The van der Waals surface area contributed by atoms with Gasteiger partial charge in [-0.1, -0.05) is 53.7 Å². The van der Waals surface area contributed by atoms with Gasteiger partial charge in [0.1, 0.15) is 0 Å². The number of tetrazole rings is 1. The molecule has 0 fully saturated rings. The van der Waals surface area contributed by atoms with Crippen LogP contribution in [0.5, 0.6) is 0 Å². The average Bonchev–Trinajstić information content (AvgIpc) is 3.03. The number of fused-ring (bicyclic) bond motifs is 3. The molecule has 0 aliphatic heterocycles. The van der Waals surface area contributed by atoms with Gasteiger partial charge in [-0.3, -0.25) is 0 Å². The minimum Gasteiger partial charge on any atom is -0.177 e. The van der Waals surface area contributed by atoms with Crippen LogP contribution in [-0.2, 0) is 0 Å². The summed E-state index contributed by atoms with van der Waals surface area (Å²) >= 11 is 0. The van der Waals surface area contributed by atoms with Gasteiger partial charge in [0.05, 0.1) is 5.92 Å². The SMILES string of the molecule is c1ccc2c(c1)-c1ccccc1C2c1nn[nH]n1. The van der Waals surface area contributed by atoms with E-state index in [0.717, 1.165) is 5.82 Å². The number of aromatic amines is 1. The van der Waals surface area contributed by atoms with E-state index in [4.69, 9.17) is 0 Å². The third-order valence-electron chi connectivity index (χ3n) is 3.45. The molecule has 0 unspecified atom stereocenters. The summed E-state index contributed by atoms with van der Waals surface area (Å²) < 4.78 is 0. The third kappa shape index (κ3) is 1.17. The Labute approximate surface area is 104 Å². The van der Waals surface area contributed by atoms with Crippen molar-refractivity contribution in [3.63, 3.8) is 0 Å². The Morgan fingerprint density at radius 1 is 0.833 bits per heavy atom. The Morgan fingerprint density at radius 2 is 1.44 bits per heavy atom. The van der Waals surface area contributed by atoms with Crippen molar-refractivity contribution in [1.29, 1.82) is 0 Å². The van der Waals surface area contributed by atoms with Crippen LogP contribution < -0.4 is 0 Å². The number of H-pyrrole nitrogens is 1. The molecule has 1 heterocycles. The second-order valence-electron chi connectivity index (χ2n) is 4.38. The molecule has 4 rings (SSSR count). The first-order valence-corrected chi connectivity index (χ1v) is 5.87. The fraction of sp³-hybridized carbons (Fsp3) is 0.0714. The number of rotatable bonds is 1. The van der Waals surface area contributed by atoms with Crippen LogP contribution in [0.25, 0.3) is 11.1 Å². The fourth-order valence-corrected chi connectivity index (χ4v) is 2.73. The van der Waals surface area contributed by atoms with Gasteiger partial charge in [-0.05, 0) is 22.3 Å². The first kappa shape index (κ1) is 9.53. The summed E-state index contributed by atoms with van der Waals surface area (Å²) in [5.74, 6) is 0.823. The van der Waals surface area contributed by atoms with Crippen LogP contribution in [0.15, 0.2) is 48.5 Å². The lowest BCUT2D eigenvalue weighted by Crippen LogP contribution is -2.01. The zero-order valence-corrected chi connectivity index (χ0v) is 9.54. The highest BCUT2D eigenvalue weighted by Gasteiger charge is 2.31. The van der Waals surface area contributed by atoms with E-state index in [1.54, 1.807) is 0 Å². The highest BCUT2D eigenvalue weighted by molar-refractivity contribution is 5.79. The summed E-state index contributed by atoms with van der Waals surface area (Å²) in [6.07, 6.45) is 0. The third-order valence-corrected chi connectivity index (χ3v) is 3.45. The maximum atomic E-state index is 4.15. The Morgan fingerprint density at radius 3 is 2.00 bits per heavy atom. The molecule has 3 aromatic rings. The van der Waals surface area contributed by atoms with E-state index in [1.807, 2.05) is 0 Å². The predicted molar refractivity (Wildman–Crippen MR) is 67.0 cm³/mol. The van der Waals surface area contributed by atoms with Gasteiger partial charge < -0.3 is 0 Å². The largest absolute Gasteiger partial charge is 0.186 e. The van der Waals surface area contributed by atoms with E-state index in [9.17, 15) is 0 Å². The van der Waals surface area contributed by atoms with Gasteiger partial charge in [0.15, 0.2) is 5.82 Å². The minimum atomic E-state index is 0.0937. The lowest BCUT2D eigenvalue weighted by molar-refractivity contribution is 0.881. The molecule has 0 amide bonds. The predicted octanol–water partition coefficient (Wildman–Crippen LogP) is 2.36. The van der Waals surface area contributed by atoms with Gasteiger partial charge in [-0.15, -0.1) is 10.2 Å². The highest BCUT2D eigenvalue weighted by atomic mass is 15.5. The smallest absolute Gasteiger partial charge is 0.177 e. The molecule has 1 aliphatic carbocycles. The summed E-state index contributed by atoms with van der Waals surface area (Å²) in [5.41, 5.74) is 5.03. The molecule has 4 heteroatoms. The first-order chi connectivity index (χ1) is 8.95. The van der Waals surface area contributed by atoms with E-state index in [0.29, 0.717) is 0 Å². The molecule has 0 saturated heterocycles. The van der Waals surface area contributed by atoms with Gasteiger partial charge in [-0.25, -0.2) is 0 Å². The van der Waals surface area contributed by atoms with E-state index < -0.39 is 0 Å². The lowest BCUT2D eigenvalue weighted by Gasteiger charge is -2.07. The standard InChI is InChI=1S/C14H10N4/c1-3-7-11-9(5-1)10-6-2-4-8-12(10)13(11)14-15-17-18-16-14/h1-8,13H,(H,15,16,17,18). The van der Waals surface area contributed by atoms with E-state index in [1.165, 1.54) is 22.3 Å². The average molecular weight is 234 g/mol. The van der Waals surface area contributed by atoms with Gasteiger partial charge >= 0.3 is 0 Å². The van der Waals surface area contributed by atoms with E-state index in [-0.39, 0.29) is 5.92 Å². The second-order valence-corrected chi connectivity index (χ2v) is 4.38. The minimum absolute atomic E-state index is 0.0937. The van der Waals surface area contributed by atoms with Crippen molar-refractivity contribution in [2.24, 2.45) is 0 Å². The van der Waals surface area contributed by atoms with Crippen LogP contribution in [0.1, 0.15) is 22.9 Å². The van der Waals surface area contributed by atoms with Crippen LogP contribution in [-0.4, -0.2) is 20.6 Å². The Hall–Kier alpha value is -2.49. The number of hydrogen-bond donors (Lipinski definition) is 1. The van der Waals surface area contributed by atoms with Crippen molar-refractivity contribution in [2.75, 3.05) is 0 Å². The molecular formula is C14H10N4. The van der Waals surface area contributed by atoms with Crippen LogP contribution >= 0.6 is 0 Å². The number of benzene rings is 2. The van der Waals surface area contributed by atoms with Gasteiger partial charge in [0.25, 0.3) is 0 Å². The summed E-state index contributed by atoms with van der Waals surface area (Å²) in [6.45, 7) is 0. The van der Waals surface area contributed by atoms with Crippen molar-refractivity contribution >= 4 is 0 Å². The monoisotopic (exact) mass is 234 g/mol. The molecule has 4 nitrogen and oxygen atoms in total. The van der Waals surface area contributed by atoms with Gasteiger partial charge in [-0.2, -0.15) is 5.21 Å². The Bertz CT molecular complexity index is 658. The molecule has 1 aromatic heterocycles. The Balaban J connectivity index is 2.04. The summed E-state index contributed by atoms with van der Waals surface area (Å²) in [4.78, 5) is 0. The second kappa shape index (κ2) is 3.50. The van der Waals surface area contributed by atoms with Crippen molar-refractivity contribution in [2.45, 2.75) is 5.92 Å². The van der Waals surface area contributed by atoms with Gasteiger partial charge in [0, 0.05) is 0 Å². The van der Waals surface area contributed by atoms with Crippen LogP contribution in [0.4, 0.5) is 0 Å². The number of hydrogen-bond acceptors (Lipinski definition) is 3. The van der Waals surface area contributed by atoms with E-state index >= 15 is 0 Å². The maximum absolute atomic E-state index is 4.15. The van der Waals surface area contributed by atoms with Crippen molar-refractivity contribution in [3.8, 4) is 11.1 Å². The maximum Gasteiger partial charge on any atom is 0.186 e. The molecule has 0 spiro atoms. The molecule has 18 heavy (non-hydrogen) atoms. The van der Waals surface area contributed by atoms with Crippen LogP contribution in [0.2, 0.25) is 0 Å². The number of nitrogens with zero attached hydrogens (tertiary/aromatic N) is 3. The normalized spacial score (nSPS) is 13.3. The molecule has 0 atom stereocenters. The van der Waals surface area contributed by atoms with Crippen LogP contribution in [0.3, 0.4) is 0 Å². The molecule has 2 aromatic carbocycles. The quantitative estimate of drug-likeness (QED) is 0.550. The summed E-state index contributed by atoms with van der Waals surface area (Å²) in [7, 11) is 0. The molecular weight excluding hydrogens is 224 g/mol. The molecule has 1 N–H and O–H groups in total. The van der Waals surface area contributed by atoms with Crippen LogP contribution in [0, 0.1) is 0 Å². The lowest BCUT2D eigenvalue weighted by atomic mass is 9.96. The number of nitrogens with one attached hydrogen (secondary N) is 1. The topological polar surface area (TPSA) is 54.5 Å². The fourth-order valence-electron chi connectivity index (χ4n) is 2.73. The van der Waals surface area contributed by atoms with Crippen molar-refractivity contribution < 1.29 is 0 Å². The number of aromatic nitrogens is 4. The zero-order chi connectivity index (χ0) is 11.9.